The molecule has 218 valence electrons. The number of pyridine rings is 1. The fourth-order valence-corrected chi connectivity index (χ4v) is 8.74. The van der Waals surface area contributed by atoms with Crippen LogP contribution in [0.15, 0.2) is 110 Å². The Labute approximate surface area is 262 Å². The fraction of sp³-hybridized carbons (Fsp3) is 0.262. The monoisotopic (exact) mass is 573 g/mol. The van der Waals surface area contributed by atoms with Gasteiger partial charge in [0.05, 0.1) is 28.0 Å². The molecule has 0 unspecified atom stereocenters. The van der Waals surface area contributed by atoms with E-state index in [1.165, 1.54) is 73.0 Å². The Morgan fingerprint density at radius 3 is 1.98 bits per heavy atom. The molecule has 5 aromatic rings. The van der Waals surface area contributed by atoms with Crippen molar-refractivity contribution in [2.24, 2.45) is 0 Å². The van der Waals surface area contributed by atoms with E-state index in [-0.39, 0.29) is 16.2 Å². The number of rotatable bonds is 3. The number of allylic oxidation sites excluding steroid dienone is 1. The average molecular weight is 574 g/mol. The van der Waals surface area contributed by atoms with E-state index in [0.29, 0.717) is 0 Å². The molecule has 0 N–H and O–H groups in total. The third kappa shape index (κ3) is 3.29. The lowest BCUT2D eigenvalue weighted by Crippen LogP contribution is -2.48. The summed E-state index contributed by atoms with van der Waals surface area (Å²) in [7, 11) is 0. The number of hydrogen-bond donors (Lipinski definition) is 0. The van der Waals surface area contributed by atoms with Crippen LogP contribution in [-0.4, -0.2) is 0 Å². The minimum atomic E-state index is -0.149. The molecule has 8 rings (SSSR count). The molecule has 0 fully saturated rings. The summed E-state index contributed by atoms with van der Waals surface area (Å²) in [5, 5.41) is 0. The van der Waals surface area contributed by atoms with E-state index in [2.05, 4.69) is 161 Å². The zero-order valence-electron chi connectivity index (χ0n) is 26.8. The molecule has 2 heteroatoms. The van der Waals surface area contributed by atoms with Crippen LogP contribution in [0.4, 0.5) is 17.1 Å². The molecule has 0 atom stereocenters. The van der Waals surface area contributed by atoms with Gasteiger partial charge >= 0.3 is 0 Å². The molecule has 44 heavy (non-hydrogen) atoms. The summed E-state index contributed by atoms with van der Waals surface area (Å²) in [6.07, 6.45) is 4.23. The van der Waals surface area contributed by atoms with Crippen molar-refractivity contribution < 1.29 is 4.57 Å². The normalized spacial score (nSPS) is 17.6. The second kappa shape index (κ2) is 9.05. The SMILES string of the molecule is C=C1[n+]2ccccc2-c2cc(-c3ccc4c(c3)C(C)(C)c3cccc5c3N4c3ccccc3C5(C)C)ccc2C1(CC)CC. The molecule has 3 aliphatic heterocycles. The summed E-state index contributed by atoms with van der Waals surface area (Å²) in [5.74, 6) is 0. The van der Waals surface area contributed by atoms with Crippen molar-refractivity contribution in [3.05, 3.63) is 138 Å². The number of anilines is 3. The predicted molar refractivity (Wildman–Crippen MR) is 184 cm³/mol. The van der Waals surface area contributed by atoms with Crippen molar-refractivity contribution in [3.8, 4) is 22.4 Å². The van der Waals surface area contributed by atoms with E-state index in [0.717, 1.165) is 12.8 Å². The first-order valence-electron chi connectivity index (χ1n) is 16.2. The summed E-state index contributed by atoms with van der Waals surface area (Å²) in [5.41, 5.74) is 16.8. The molecule has 4 heterocycles. The van der Waals surface area contributed by atoms with Crippen molar-refractivity contribution in [1.82, 2.24) is 0 Å². The highest BCUT2D eigenvalue weighted by Crippen LogP contribution is 2.60. The van der Waals surface area contributed by atoms with Gasteiger partial charge in [-0.05, 0) is 88.7 Å². The van der Waals surface area contributed by atoms with Crippen LogP contribution in [0.2, 0.25) is 0 Å². The molecule has 0 saturated heterocycles. The van der Waals surface area contributed by atoms with E-state index in [4.69, 9.17) is 0 Å². The number of para-hydroxylation sites is 2. The molecule has 3 aliphatic rings. The van der Waals surface area contributed by atoms with E-state index in [1.807, 2.05) is 0 Å². The first kappa shape index (κ1) is 27.1. The second-order valence-corrected chi connectivity index (χ2v) is 14.0. The van der Waals surface area contributed by atoms with Crippen molar-refractivity contribution in [3.63, 3.8) is 0 Å². The van der Waals surface area contributed by atoms with Gasteiger partial charge < -0.3 is 4.90 Å². The number of benzene rings is 4. The van der Waals surface area contributed by atoms with Crippen LogP contribution in [0.3, 0.4) is 0 Å². The quantitative estimate of drug-likeness (QED) is 0.195. The van der Waals surface area contributed by atoms with Gasteiger partial charge in [0.15, 0.2) is 11.9 Å². The van der Waals surface area contributed by atoms with Crippen LogP contribution in [0.5, 0.6) is 0 Å². The van der Waals surface area contributed by atoms with Gasteiger partial charge in [-0.1, -0.05) is 96.1 Å². The molecule has 0 radical (unpaired) electrons. The largest absolute Gasteiger partial charge is 0.309 e. The molecule has 0 saturated carbocycles. The minimum Gasteiger partial charge on any atom is -0.309 e. The smallest absolute Gasteiger partial charge is 0.218 e. The maximum atomic E-state index is 4.62. The summed E-state index contributed by atoms with van der Waals surface area (Å²) in [6, 6.07) is 36.7. The minimum absolute atomic E-state index is 0.0679. The molecule has 1 aromatic heterocycles. The van der Waals surface area contributed by atoms with Crippen LogP contribution >= 0.6 is 0 Å². The Morgan fingerprint density at radius 1 is 0.614 bits per heavy atom. The highest BCUT2D eigenvalue weighted by Gasteiger charge is 2.47. The van der Waals surface area contributed by atoms with Crippen LogP contribution in [0, 0.1) is 0 Å². The van der Waals surface area contributed by atoms with Gasteiger partial charge in [0.2, 0.25) is 5.69 Å². The predicted octanol–water partition coefficient (Wildman–Crippen LogP) is 10.6. The maximum Gasteiger partial charge on any atom is 0.218 e. The van der Waals surface area contributed by atoms with Crippen molar-refractivity contribution in [1.29, 1.82) is 0 Å². The first-order valence-corrected chi connectivity index (χ1v) is 16.2. The molecule has 0 bridgehead atoms. The Kier molecular flexibility index (Phi) is 5.58. The zero-order valence-corrected chi connectivity index (χ0v) is 26.8. The summed E-state index contributed by atoms with van der Waals surface area (Å²) in [4.78, 5) is 2.54. The van der Waals surface area contributed by atoms with E-state index >= 15 is 0 Å². The topological polar surface area (TPSA) is 7.12 Å². The third-order valence-corrected chi connectivity index (χ3v) is 11.4. The fourth-order valence-electron chi connectivity index (χ4n) is 8.74. The van der Waals surface area contributed by atoms with Gasteiger partial charge in [0.25, 0.3) is 0 Å². The van der Waals surface area contributed by atoms with Crippen molar-refractivity contribution in [2.75, 3.05) is 4.90 Å². The Bertz CT molecular complexity index is 2020. The molecule has 0 amide bonds. The summed E-state index contributed by atoms with van der Waals surface area (Å²) >= 11 is 0. The van der Waals surface area contributed by atoms with Gasteiger partial charge in [0.1, 0.15) is 0 Å². The molecule has 4 aromatic carbocycles. The Hall–Kier alpha value is -4.43. The lowest BCUT2D eigenvalue weighted by molar-refractivity contribution is -0.577. The lowest BCUT2D eigenvalue weighted by atomic mass is 9.66. The zero-order chi connectivity index (χ0) is 30.6. The average Bonchev–Trinajstić information content (AvgIpc) is 3.05. The number of fused-ring (bicyclic) bond motifs is 7. The van der Waals surface area contributed by atoms with E-state index < -0.39 is 0 Å². The lowest BCUT2D eigenvalue weighted by Gasteiger charge is -2.49. The maximum absolute atomic E-state index is 4.62. The van der Waals surface area contributed by atoms with E-state index in [1.54, 1.807) is 0 Å². The van der Waals surface area contributed by atoms with Crippen molar-refractivity contribution in [2.45, 2.75) is 70.6 Å². The van der Waals surface area contributed by atoms with Crippen LogP contribution in [-0.2, 0) is 16.2 Å². The standard InChI is InChI=1S/C42H41N2/c1-8-42(9-2)27(3)43-24-13-12-18-36(43)30-25-28(20-22-31(30)42)29-21-23-38-35(26-29)41(6,7)34-17-14-16-33-39(34)44(38)37-19-11-10-15-32(37)40(33,4)5/h10-26H,3,8-9H2,1-2,4-7H3/q+1. The number of aromatic nitrogens is 1. The number of hydrogen-bond acceptors (Lipinski definition) is 1. The van der Waals surface area contributed by atoms with Gasteiger partial charge in [0, 0.05) is 23.0 Å². The summed E-state index contributed by atoms with van der Waals surface area (Å²) in [6.45, 7) is 18.8. The van der Waals surface area contributed by atoms with Crippen LogP contribution in [0.25, 0.3) is 28.1 Å². The van der Waals surface area contributed by atoms with Crippen LogP contribution < -0.4 is 9.47 Å². The molecular weight excluding hydrogens is 532 g/mol. The number of nitrogens with zero attached hydrogens (tertiary/aromatic N) is 2. The van der Waals surface area contributed by atoms with Gasteiger partial charge in [-0.15, -0.1) is 0 Å². The van der Waals surface area contributed by atoms with Crippen molar-refractivity contribution >= 4 is 22.8 Å². The highest BCUT2D eigenvalue weighted by atomic mass is 15.2. The highest BCUT2D eigenvalue weighted by molar-refractivity contribution is 5.93. The van der Waals surface area contributed by atoms with Gasteiger partial charge in [-0.2, -0.15) is 4.57 Å². The first-order chi connectivity index (χ1) is 21.1. The van der Waals surface area contributed by atoms with Crippen LogP contribution in [0.1, 0.15) is 82.2 Å². The Balaban J connectivity index is 1.34. The third-order valence-electron chi connectivity index (χ3n) is 11.4. The molecular formula is C42H41N2+. The molecule has 0 spiro atoms. The van der Waals surface area contributed by atoms with Gasteiger partial charge in [-0.25, -0.2) is 0 Å². The Morgan fingerprint density at radius 2 is 1.23 bits per heavy atom. The van der Waals surface area contributed by atoms with E-state index in [9.17, 15) is 0 Å². The second-order valence-electron chi connectivity index (χ2n) is 14.0. The molecule has 2 nitrogen and oxygen atoms in total. The van der Waals surface area contributed by atoms with Gasteiger partial charge in [-0.3, -0.25) is 0 Å². The molecule has 0 aliphatic carbocycles. The summed E-state index contributed by atoms with van der Waals surface area (Å²) < 4.78 is 2.32.